The summed E-state index contributed by atoms with van der Waals surface area (Å²) >= 11 is 0. The molecule has 1 amide bonds. The maximum absolute atomic E-state index is 12.4. The van der Waals surface area contributed by atoms with Gasteiger partial charge in [-0.3, -0.25) is 9.69 Å². The molecule has 0 saturated carbocycles. The lowest BCUT2D eigenvalue weighted by Crippen LogP contribution is -2.56. The molecule has 2 aliphatic heterocycles. The quantitative estimate of drug-likeness (QED) is 0.761. The third-order valence-corrected chi connectivity index (χ3v) is 5.01. The fraction of sp³-hybridized carbons (Fsp3) is 0.632. The SMILES string of the molecule is CC1CN(Cc2cccc(CNC(=O)C3(N)CCOCC3)c2)CCO1.Cl.Cl. The fourth-order valence-electron chi connectivity index (χ4n) is 3.45. The van der Waals surface area contributed by atoms with Crippen molar-refractivity contribution in [1.82, 2.24) is 10.2 Å². The van der Waals surface area contributed by atoms with Crippen molar-refractivity contribution in [1.29, 1.82) is 0 Å². The maximum atomic E-state index is 12.4. The Morgan fingerprint density at radius 1 is 1.26 bits per heavy atom. The standard InChI is InChI=1S/C19H29N3O3.2ClH/c1-15-13-22(7-10-25-15)14-17-4-2-3-16(11-17)12-21-18(23)19(20)5-8-24-9-6-19;;/h2-4,11,15H,5-10,12-14,20H2,1H3,(H,21,23);2*1H. The summed E-state index contributed by atoms with van der Waals surface area (Å²) in [5.41, 5.74) is 7.79. The minimum absolute atomic E-state index is 0. The molecule has 3 rings (SSSR count). The third kappa shape index (κ3) is 6.89. The predicted molar refractivity (Wildman–Crippen MR) is 110 cm³/mol. The summed E-state index contributed by atoms with van der Waals surface area (Å²) in [5, 5.41) is 2.99. The topological polar surface area (TPSA) is 76.8 Å². The molecule has 1 aromatic rings. The minimum Gasteiger partial charge on any atom is -0.381 e. The number of carbonyl (C=O) groups excluding carboxylic acids is 1. The van der Waals surface area contributed by atoms with Gasteiger partial charge in [-0.25, -0.2) is 0 Å². The third-order valence-electron chi connectivity index (χ3n) is 5.01. The van der Waals surface area contributed by atoms with E-state index in [1.54, 1.807) is 0 Å². The average Bonchev–Trinajstić information content (AvgIpc) is 2.61. The van der Waals surface area contributed by atoms with Gasteiger partial charge in [0.2, 0.25) is 5.91 Å². The number of nitrogens with two attached hydrogens (primary N) is 1. The second-order valence-electron chi connectivity index (χ2n) is 7.19. The monoisotopic (exact) mass is 419 g/mol. The van der Waals surface area contributed by atoms with Crippen molar-refractivity contribution in [3.63, 3.8) is 0 Å². The summed E-state index contributed by atoms with van der Waals surface area (Å²) in [6, 6.07) is 8.38. The van der Waals surface area contributed by atoms with Gasteiger partial charge in [0.15, 0.2) is 0 Å². The van der Waals surface area contributed by atoms with Crippen LogP contribution in [0.25, 0.3) is 0 Å². The van der Waals surface area contributed by atoms with Crippen LogP contribution in [-0.2, 0) is 27.4 Å². The Kier molecular flexibility index (Phi) is 10.0. The highest BCUT2D eigenvalue weighted by Crippen LogP contribution is 2.18. The zero-order chi connectivity index (χ0) is 17.7. The Bertz CT molecular complexity index is 597. The van der Waals surface area contributed by atoms with Crippen LogP contribution in [0.1, 0.15) is 30.9 Å². The number of hydrogen-bond acceptors (Lipinski definition) is 5. The van der Waals surface area contributed by atoms with E-state index < -0.39 is 5.54 Å². The molecule has 2 aliphatic rings. The summed E-state index contributed by atoms with van der Waals surface area (Å²) < 4.78 is 10.9. The lowest BCUT2D eigenvalue weighted by molar-refractivity contribution is -0.129. The first kappa shape index (κ1) is 24.1. The lowest BCUT2D eigenvalue weighted by Gasteiger charge is -2.32. The fourth-order valence-corrected chi connectivity index (χ4v) is 3.45. The Labute approximate surface area is 174 Å². The van der Waals surface area contributed by atoms with E-state index in [2.05, 4.69) is 29.3 Å². The van der Waals surface area contributed by atoms with E-state index in [9.17, 15) is 4.79 Å². The average molecular weight is 420 g/mol. The smallest absolute Gasteiger partial charge is 0.240 e. The molecule has 0 aromatic heterocycles. The number of halogens is 2. The minimum atomic E-state index is -0.792. The van der Waals surface area contributed by atoms with Gasteiger partial charge < -0.3 is 20.5 Å². The zero-order valence-corrected chi connectivity index (χ0v) is 17.4. The van der Waals surface area contributed by atoms with Crippen LogP contribution in [0, 0.1) is 0 Å². The van der Waals surface area contributed by atoms with Crippen molar-refractivity contribution in [2.45, 2.75) is 44.5 Å². The normalized spacial score (nSPS) is 22.2. The summed E-state index contributed by atoms with van der Waals surface area (Å²) in [6.07, 6.45) is 1.44. The van der Waals surface area contributed by atoms with Crippen LogP contribution in [0.2, 0.25) is 0 Å². The second kappa shape index (κ2) is 11.2. The summed E-state index contributed by atoms with van der Waals surface area (Å²) in [5.74, 6) is -0.0804. The van der Waals surface area contributed by atoms with Crippen molar-refractivity contribution in [2.75, 3.05) is 32.9 Å². The van der Waals surface area contributed by atoms with Gasteiger partial charge in [0.25, 0.3) is 0 Å². The van der Waals surface area contributed by atoms with Crippen LogP contribution >= 0.6 is 24.8 Å². The molecule has 2 saturated heterocycles. The van der Waals surface area contributed by atoms with E-state index in [0.717, 1.165) is 31.8 Å². The van der Waals surface area contributed by atoms with E-state index in [-0.39, 0.29) is 36.8 Å². The number of benzene rings is 1. The van der Waals surface area contributed by atoms with Crippen molar-refractivity contribution in [2.24, 2.45) is 5.73 Å². The van der Waals surface area contributed by atoms with Gasteiger partial charge in [-0.15, -0.1) is 24.8 Å². The number of hydrogen-bond donors (Lipinski definition) is 2. The van der Waals surface area contributed by atoms with Crippen LogP contribution < -0.4 is 11.1 Å². The zero-order valence-electron chi connectivity index (χ0n) is 15.8. The van der Waals surface area contributed by atoms with E-state index in [1.165, 1.54) is 5.56 Å². The molecular formula is C19H31Cl2N3O3. The lowest BCUT2D eigenvalue weighted by atomic mass is 9.90. The number of morpholine rings is 1. The first-order valence-electron chi connectivity index (χ1n) is 9.12. The highest BCUT2D eigenvalue weighted by Gasteiger charge is 2.35. The highest BCUT2D eigenvalue weighted by molar-refractivity contribution is 5.86. The van der Waals surface area contributed by atoms with Gasteiger partial charge in [-0.1, -0.05) is 24.3 Å². The molecule has 154 valence electrons. The molecule has 6 nitrogen and oxygen atoms in total. The molecule has 2 heterocycles. The molecule has 8 heteroatoms. The Hall–Kier alpha value is -0.890. The molecule has 1 atom stereocenters. The van der Waals surface area contributed by atoms with Gasteiger partial charge in [-0.05, 0) is 30.9 Å². The van der Waals surface area contributed by atoms with Crippen LogP contribution in [-0.4, -0.2) is 55.4 Å². The van der Waals surface area contributed by atoms with Crippen molar-refractivity contribution < 1.29 is 14.3 Å². The van der Waals surface area contributed by atoms with E-state index in [4.69, 9.17) is 15.2 Å². The number of nitrogens with one attached hydrogen (secondary N) is 1. The molecule has 1 aromatic carbocycles. The van der Waals surface area contributed by atoms with Crippen LogP contribution in [0.4, 0.5) is 0 Å². The largest absolute Gasteiger partial charge is 0.381 e. The maximum Gasteiger partial charge on any atom is 0.240 e. The summed E-state index contributed by atoms with van der Waals surface area (Å²) in [7, 11) is 0. The van der Waals surface area contributed by atoms with E-state index >= 15 is 0 Å². The number of rotatable bonds is 5. The highest BCUT2D eigenvalue weighted by atomic mass is 35.5. The Balaban J connectivity index is 0.00000182. The molecule has 0 radical (unpaired) electrons. The van der Waals surface area contributed by atoms with Crippen LogP contribution in [0.15, 0.2) is 24.3 Å². The Morgan fingerprint density at radius 2 is 1.96 bits per heavy atom. The van der Waals surface area contributed by atoms with E-state index in [0.29, 0.717) is 32.6 Å². The van der Waals surface area contributed by atoms with Crippen molar-refractivity contribution in [3.05, 3.63) is 35.4 Å². The van der Waals surface area contributed by atoms with Crippen LogP contribution in [0.3, 0.4) is 0 Å². The summed E-state index contributed by atoms with van der Waals surface area (Å²) in [4.78, 5) is 14.8. The molecule has 0 spiro atoms. The predicted octanol–water partition coefficient (Wildman–Crippen LogP) is 1.88. The number of amides is 1. The van der Waals surface area contributed by atoms with Gasteiger partial charge in [0.05, 0.1) is 18.2 Å². The first-order valence-corrected chi connectivity index (χ1v) is 9.12. The van der Waals surface area contributed by atoms with Gasteiger partial charge >= 0.3 is 0 Å². The molecule has 27 heavy (non-hydrogen) atoms. The second-order valence-corrected chi connectivity index (χ2v) is 7.19. The van der Waals surface area contributed by atoms with Crippen molar-refractivity contribution >= 4 is 30.7 Å². The number of nitrogens with zero attached hydrogens (tertiary/aromatic N) is 1. The van der Waals surface area contributed by atoms with Gasteiger partial charge in [-0.2, -0.15) is 0 Å². The number of ether oxygens (including phenoxy) is 2. The molecular weight excluding hydrogens is 389 g/mol. The Morgan fingerprint density at radius 3 is 2.67 bits per heavy atom. The number of carbonyl (C=O) groups is 1. The molecule has 2 fully saturated rings. The van der Waals surface area contributed by atoms with Crippen LogP contribution in [0.5, 0.6) is 0 Å². The molecule has 0 aliphatic carbocycles. The van der Waals surface area contributed by atoms with Gasteiger partial charge in [0, 0.05) is 39.4 Å². The molecule has 0 bridgehead atoms. The van der Waals surface area contributed by atoms with Gasteiger partial charge in [0.1, 0.15) is 0 Å². The van der Waals surface area contributed by atoms with Crippen molar-refractivity contribution in [3.8, 4) is 0 Å². The summed E-state index contributed by atoms with van der Waals surface area (Å²) in [6.45, 7) is 7.34. The molecule has 3 N–H and O–H groups in total. The molecule has 1 unspecified atom stereocenters. The van der Waals surface area contributed by atoms with E-state index in [1.807, 2.05) is 12.1 Å². The first-order chi connectivity index (χ1) is 12.0.